The molecule has 0 spiro atoms. The van der Waals surface area contributed by atoms with Crippen LogP contribution in [-0.2, 0) is 11.2 Å². The summed E-state index contributed by atoms with van der Waals surface area (Å²) in [4.78, 5) is 15.9. The van der Waals surface area contributed by atoms with Crippen molar-refractivity contribution < 1.29 is 4.79 Å². The minimum atomic E-state index is -0.159. The van der Waals surface area contributed by atoms with Crippen LogP contribution in [0.5, 0.6) is 0 Å². The highest BCUT2D eigenvalue weighted by Gasteiger charge is 2.13. The Morgan fingerprint density at radius 2 is 2.18 bits per heavy atom. The third-order valence-electron chi connectivity index (χ3n) is 2.06. The Labute approximate surface area is 107 Å². The summed E-state index contributed by atoms with van der Waals surface area (Å²) in [6, 6.07) is 0. The minimum Gasteiger partial charge on any atom is -0.361 e. The molecule has 0 aliphatic rings. The molecule has 0 aliphatic carbocycles. The highest BCUT2D eigenvalue weighted by atomic mass is 32.1. The summed E-state index contributed by atoms with van der Waals surface area (Å²) in [6.45, 7) is 8.64. The Hall–Kier alpha value is -1.10. The first-order valence-corrected chi connectivity index (χ1v) is 6.78. The van der Waals surface area contributed by atoms with E-state index in [1.165, 1.54) is 0 Å². The van der Waals surface area contributed by atoms with Gasteiger partial charge >= 0.3 is 0 Å². The van der Waals surface area contributed by atoms with Crippen LogP contribution in [0, 0.1) is 0 Å². The molecule has 0 aliphatic heterocycles. The molecule has 0 atom stereocenters. The Morgan fingerprint density at radius 3 is 2.71 bits per heavy atom. The van der Waals surface area contributed by atoms with Crippen LogP contribution in [0.4, 0.5) is 5.13 Å². The Morgan fingerprint density at radius 1 is 1.47 bits per heavy atom. The van der Waals surface area contributed by atoms with E-state index in [9.17, 15) is 4.79 Å². The molecule has 0 radical (unpaired) electrons. The van der Waals surface area contributed by atoms with Gasteiger partial charge in [0.2, 0.25) is 5.91 Å². The first-order valence-electron chi connectivity index (χ1n) is 5.90. The molecular weight excluding hydrogens is 234 g/mol. The molecule has 2 N–H and O–H groups in total. The third-order valence-corrected chi connectivity index (χ3v) is 2.91. The zero-order valence-electron chi connectivity index (χ0n) is 11.0. The summed E-state index contributed by atoms with van der Waals surface area (Å²) >= 11 is 1.59. The van der Waals surface area contributed by atoms with Crippen LogP contribution < -0.4 is 10.6 Å². The molecular formula is C12H21N3OS. The van der Waals surface area contributed by atoms with Crippen molar-refractivity contribution in [2.45, 2.75) is 46.1 Å². The summed E-state index contributed by atoms with van der Waals surface area (Å²) in [5, 5.41) is 9.02. The van der Waals surface area contributed by atoms with Gasteiger partial charge in [-0.2, -0.15) is 0 Å². The number of thiazole rings is 1. The molecule has 0 aromatic carbocycles. The highest BCUT2D eigenvalue weighted by Crippen LogP contribution is 2.15. The van der Waals surface area contributed by atoms with Crippen LogP contribution >= 0.6 is 11.3 Å². The molecule has 1 rings (SSSR count). The summed E-state index contributed by atoms with van der Waals surface area (Å²) in [6.07, 6.45) is 1.42. The van der Waals surface area contributed by atoms with Crippen molar-refractivity contribution in [1.82, 2.24) is 10.3 Å². The van der Waals surface area contributed by atoms with Gasteiger partial charge in [-0.15, -0.1) is 11.3 Å². The Bertz CT molecular complexity index is 368. The smallest absolute Gasteiger partial charge is 0.222 e. The summed E-state index contributed by atoms with van der Waals surface area (Å²) < 4.78 is 0. The second kappa shape index (κ2) is 6.00. The molecule has 1 aromatic rings. The number of anilines is 1. The second-order valence-corrected chi connectivity index (χ2v) is 5.83. The van der Waals surface area contributed by atoms with Crippen molar-refractivity contribution in [3.8, 4) is 0 Å². The number of nitrogens with one attached hydrogen (secondary N) is 2. The molecule has 0 bridgehead atoms. The van der Waals surface area contributed by atoms with Crippen LogP contribution in [0.2, 0.25) is 0 Å². The number of hydrogen-bond donors (Lipinski definition) is 2. The molecule has 17 heavy (non-hydrogen) atoms. The topological polar surface area (TPSA) is 54.0 Å². The van der Waals surface area contributed by atoms with Crippen molar-refractivity contribution in [2.24, 2.45) is 0 Å². The molecule has 4 nitrogen and oxygen atoms in total. The number of carbonyl (C=O) groups is 1. The predicted molar refractivity (Wildman–Crippen MR) is 72.5 cm³/mol. The standard InChI is InChI=1S/C12H21N3OS/c1-5-9-8-17-11(14-9)13-7-6-10(16)15-12(2,3)4/h8H,5-7H2,1-4H3,(H,13,14)(H,15,16). The highest BCUT2D eigenvalue weighted by molar-refractivity contribution is 7.13. The number of nitrogens with zero attached hydrogens (tertiary/aromatic N) is 1. The first kappa shape index (κ1) is 14.0. The van der Waals surface area contributed by atoms with E-state index < -0.39 is 0 Å². The van der Waals surface area contributed by atoms with E-state index in [1.807, 2.05) is 26.2 Å². The van der Waals surface area contributed by atoms with Gasteiger partial charge in [-0.25, -0.2) is 4.98 Å². The van der Waals surface area contributed by atoms with E-state index in [0.29, 0.717) is 13.0 Å². The fourth-order valence-electron chi connectivity index (χ4n) is 1.31. The van der Waals surface area contributed by atoms with Crippen molar-refractivity contribution in [3.63, 3.8) is 0 Å². The zero-order chi connectivity index (χ0) is 12.9. The van der Waals surface area contributed by atoms with Gasteiger partial charge in [0.05, 0.1) is 5.69 Å². The maximum Gasteiger partial charge on any atom is 0.222 e. The first-order chi connectivity index (χ1) is 7.90. The third kappa shape index (κ3) is 5.68. The van der Waals surface area contributed by atoms with Gasteiger partial charge in [0, 0.05) is 23.9 Å². The van der Waals surface area contributed by atoms with Crippen LogP contribution in [0.25, 0.3) is 0 Å². The van der Waals surface area contributed by atoms with Crippen molar-refractivity contribution in [1.29, 1.82) is 0 Å². The molecule has 0 saturated carbocycles. The van der Waals surface area contributed by atoms with E-state index in [1.54, 1.807) is 11.3 Å². The molecule has 5 heteroatoms. The van der Waals surface area contributed by atoms with Crippen molar-refractivity contribution >= 4 is 22.4 Å². The lowest BCUT2D eigenvalue weighted by Gasteiger charge is -2.20. The molecule has 0 fully saturated rings. The van der Waals surface area contributed by atoms with Crippen molar-refractivity contribution in [2.75, 3.05) is 11.9 Å². The maximum absolute atomic E-state index is 11.5. The fourth-order valence-corrected chi connectivity index (χ4v) is 2.14. The lowest BCUT2D eigenvalue weighted by atomic mass is 10.1. The molecule has 1 aromatic heterocycles. The van der Waals surface area contributed by atoms with Gasteiger partial charge in [0.25, 0.3) is 0 Å². The number of aromatic nitrogens is 1. The summed E-state index contributed by atoms with van der Waals surface area (Å²) in [5.41, 5.74) is 0.935. The van der Waals surface area contributed by atoms with Crippen LogP contribution in [0.3, 0.4) is 0 Å². The maximum atomic E-state index is 11.5. The quantitative estimate of drug-likeness (QED) is 0.849. The van der Waals surface area contributed by atoms with Crippen molar-refractivity contribution in [3.05, 3.63) is 11.1 Å². The molecule has 0 unspecified atom stereocenters. The largest absolute Gasteiger partial charge is 0.361 e. The molecule has 1 heterocycles. The molecule has 96 valence electrons. The number of hydrogen-bond acceptors (Lipinski definition) is 4. The van der Waals surface area contributed by atoms with Crippen LogP contribution in [-0.4, -0.2) is 23.0 Å². The second-order valence-electron chi connectivity index (χ2n) is 4.97. The van der Waals surface area contributed by atoms with Gasteiger partial charge in [-0.05, 0) is 27.2 Å². The van der Waals surface area contributed by atoms with Gasteiger partial charge in [-0.1, -0.05) is 6.92 Å². The van der Waals surface area contributed by atoms with Gasteiger partial charge in [0.1, 0.15) is 0 Å². The fraction of sp³-hybridized carbons (Fsp3) is 0.667. The lowest BCUT2D eigenvalue weighted by Crippen LogP contribution is -2.41. The predicted octanol–water partition coefficient (Wildman–Crippen LogP) is 2.42. The average Bonchev–Trinajstić information content (AvgIpc) is 2.63. The summed E-state index contributed by atoms with van der Waals surface area (Å²) in [5.74, 6) is 0.0669. The summed E-state index contributed by atoms with van der Waals surface area (Å²) in [7, 11) is 0. The van der Waals surface area contributed by atoms with E-state index in [2.05, 4.69) is 22.5 Å². The van der Waals surface area contributed by atoms with Gasteiger partial charge in [0.15, 0.2) is 5.13 Å². The number of carbonyl (C=O) groups excluding carboxylic acids is 1. The van der Waals surface area contributed by atoms with E-state index in [-0.39, 0.29) is 11.4 Å². The zero-order valence-corrected chi connectivity index (χ0v) is 11.8. The van der Waals surface area contributed by atoms with Gasteiger partial charge < -0.3 is 10.6 Å². The minimum absolute atomic E-state index is 0.0669. The monoisotopic (exact) mass is 255 g/mol. The molecule has 0 saturated heterocycles. The Kier molecular flexibility index (Phi) is 4.93. The number of aryl methyl sites for hydroxylation is 1. The van der Waals surface area contributed by atoms with Crippen LogP contribution in [0.1, 0.15) is 39.8 Å². The number of rotatable bonds is 5. The lowest BCUT2D eigenvalue weighted by molar-refractivity contribution is -0.122. The molecule has 1 amide bonds. The van der Waals surface area contributed by atoms with E-state index in [0.717, 1.165) is 17.2 Å². The van der Waals surface area contributed by atoms with Gasteiger partial charge in [-0.3, -0.25) is 4.79 Å². The SMILES string of the molecule is CCc1csc(NCCC(=O)NC(C)(C)C)n1. The number of amides is 1. The Balaban J connectivity index is 2.26. The van der Waals surface area contributed by atoms with E-state index >= 15 is 0 Å². The average molecular weight is 255 g/mol. The van der Waals surface area contributed by atoms with E-state index in [4.69, 9.17) is 0 Å². The normalized spacial score (nSPS) is 11.3. The van der Waals surface area contributed by atoms with Crippen LogP contribution in [0.15, 0.2) is 5.38 Å².